The van der Waals surface area contributed by atoms with Gasteiger partial charge in [-0.05, 0) is 119 Å². The van der Waals surface area contributed by atoms with Gasteiger partial charge in [-0.15, -0.1) is 29.9 Å². The van der Waals surface area contributed by atoms with Crippen LogP contribution in [0.5, 0.6) is 53.3 Å². The van der Waals surface area contributed by atoms with Gasteiger partial charge in [-0.3, -0.25) is 13.7 Å². The molecule has 13 unspecified atom stereocenters. The van der Waals surface area contributed by atoms with E-state index in [1.165, 1.54) is 9.13 Å². The van der Waals surface area contributed by atoms with Crippen molar-refractivity contribution in [3.63, 3.8) is 0 Å². The number of hydrogen-bond acceptors (Lipinski definition) is 24. The molecule has 135 heavy (non-hydrogen) atoms. The van der Waals surface area contributed by atoms with E-state index in [2.05, 4.69) is 99.1 Å². The highest BCUT2D eigenvalue weighted by molar-refractivity contribution is 7.68. The van der Waals surface area contributed by atoms with E-state index >= 15 is 0 Å². The summed E-state index contributed by atoms with van der Waals surface area (Å²) in [5.41, 5.74) is 0.981. The molecule has 0 saturated heterocycles. The van der Waals surface area contributed by atoms with Crippen LogP contribution in [0.2, 0.25) is 0 Å². The van der Waals surface area contributed by atoms with Crippen molar-refractivity contribution < 1.29 is 55.7 Å². The molecule has 3 aliphatic rings. The molecule has 30 nitrogen and oxygen atoms in total. The largest absolute Gasteiger partial charge is 0.463 e. The van der Waals surface area contributed by atoms with Crippen LogP contribution < -0.4 is 92.0 Å². The quantitative estimate of drug-likeness (QED) is 0.0253. The van der Waals surface area contributed by atoms with Gasteiger partial charge in [0.2, 0.25) is 0 Å². The zero-order chi connectivity index (χ0) is 97.8. The Bertz CT molecular complexity index is 5920. The molecule has 0 aliphatic carbocycles. The standard InChI is InChI=1S/3C28H36N3O5P.C18H33N3O3/c1-6-19(3)16-29-26(32)30(17-20(4)7-2)28(34)31(27(29)33)18-21(5)37(35)25-15-11-9-13-23(25)22-12-8-10-14-24(22)36-37;1-5-20(3)18-34-27-29-26(30-28(31-27)35-19-21(4)6-2)33-16-11-17-37(32)25-15-10-8-13-23(25)22-12-7-9-14-24(22)36-37;1-5-20(3)18-30-26(32)29(27(33)31(28(30)34)19-21(4)6-2)16-11-17-37(35)25-15-10-8-13-23(25)22-12-7-9-14-24(22)36-37;1-7-13(4)10-22-16-19-17(23-11-14(5)8-2)21-18(20-16)24-12-15(6)9-3/h8-15,19-21H,6-7,16-18H2,1-5H3;2*7-10,12-15,20-21H,5-6,11,16-19H2,1-4H3;13-15H,7-12H2,1-6H3. The van der Waals surface area contributed by atoms with Crippen LogP contribution in [-0.4, -0.2) is 115 Å². The number of nitrogens with zero attached hydrogens (tertiary/aromatic N) is 12. The number of aromatic nitrogens is 12. The summed E-state index contributed by atoms with van der Waals surface area (Å²) >= 11 is 0. The Morgan fingerprint density at radius 3 is 0.815 bits per heavy atom. The third-order valence-corrected chi connectivity index (χ3v) is 33.3. The van der Waals surface area contributed by atoms with Crippen molar-refractivity contribution in [2.45, 2.75) is 247 Å². The summed E-state index contributed by atoms with van der Waals surface area (Å²) < 4.78 is 102. The zero-order valence-corrected chi connectivity index (χ0v) is 85.0. The Labute approximate surface area is 794 Å². The van der Waals surface area contributed by atoms with Crippen molar-refractivity contribution in [1.82, 2.24) is 57.3 Å². The molecular weight excluding hydrogens is 1770 g/mol. The fourth-order valence-electron chi connectivity index (χ4n) is 14.6. The summed E-state index contributed by atoms with van der Waals surface area (Å²) in [5.74, 6) is 4.16. The van der Waals surface area contributed by atoms with Crippen LogP contribution in [0.4, 0.5) is 0 Å². The normalized spacial score (nSPS) is 17.5. The van der Waals surface area contributed by atoms with Crippen LogP contribution >= 0.6 is 22.1 Å². The van der Waals surface area contributed by atoms with Crippen molar-refractivity contribution in [3.8, 4) is 86.7 Å². The molecule has 0 spiro atoms. The smallest absolute Gasteiger partial charge is 0.336 e. The highest BCUT2D eigenvalue weighted by Crippen LogP contribution is 2.59. The van der Waals surface area contributed by atoms with E-state index in [0.717, 1.165) is 115 Å². The Morgan fingerprint density at radius 2 is 0.511 bits per heavy atom. The molecule has 4 aromatic heterocycles. The summed E-state index contributed by atoms with van der Waals surface area (Å²) in [6, 6.07) is 46.6. The summed E-state index contributed by atoms with van der Waals surface area (Å²) in [6.07, 6.45) is 9.55. The SMILES string of the molecule is CCC(C)COc1nc(OCC(C)CC)nc(OCC(C)CC)n1.CCC(C)COc1nc(OCCCP2(=O)Oc3ccccc3-c3ccccc32)nc(OCC(C)CC)n1.CCC(C)Cn1c(=O)n(CC(C)CC)c(=O)n(CC(C)P2(=O)Oc3ccccc3-c3ccccc32)c1=O.CCC(C)Cn1c(=O)n(CCCP2(=O)Oc3ccccc3-c3ccccc32)c(=O)n(CC(C)CC)c1=O. The van der Waals surface area contributed by atoms with Crippen molar-refractivity contribution >= 4 is 38.0 Å². The highest BCUT2D eigenvalue weighted by atomic mass is 31.2. The lowest BCUT2D eigenvalue weighted by Crippen LogP contribution is -2.56. The Kier molecular flexibility index (Phi) is 39.5. The molecule has 0 radical (unpaired) electrons. The molecule has 0 fully saturated rings. The molecule has 7 heterocycles. The molecule has 0 amide bonds. The van der Waals surface area contributed by atoms with Crippen LogP contribution in [0, 0.1) is 53.3 Å². The Morgan fingerprint density at radius 1 is 0.274 bits per heavy atom. The minimum absolute atomic E-state index is 0.0517. The van der Waals surface area contributed by atoms with Gasteiger partial charge in [-0.25, -0.2) is 56.2 Å². The van der Waals surface area contributed by atoms with Crippen LogP contribution in [-0.2, 0) is 53.0 Å². The minimum Gasteiger partial charge on any atom is -0.463 e. The molecule has 0 bridgehead atoms. The average molecular weight is 1920 g/mol. The van der Waals surface area contributed by atoms with E-state index in [9.17, 15) is 42.5 Å². The number of rotatable bonds is 44. The van der Waals surface area contributed by atoms with Gasteiger partial charge in [0.1, 0.15) is 17.2 Å². The monoisotopic (exact) mass is 1910 g/mol. The Balaban J connectivity index is 0.000000189. The average Bonchev–Trinajstić information content (AvgIpc) is 0.737. The van der Waals surface area contributed by atoms with E-state index in [1.807, 2.05) is 183 Å². The van der Waals surface area contributed by atoms with Gasteiger partial charge in [0.25, 0.3) is 22.1 Å². The van der Waals surface area contributed by atoms with E-state index < -0.39 is 61.9 Å². The summed E-state index contributed by atoms with van der Waals surface area (Å²) in [4.78, 5) is 106. The highest BCUT2D eigenvalue weighted by Gasteiger charge is 2.43. The summed E-state index contributed by atoms with van der Waals surface area (Å²) in [7, 11) is -9.93. The van der Waals surface area contributed by atoms with Crippen molar-refractivity contribution in [2.75, 3.05) is 52.0 Å². The van der Waals surface area contributed by atoms with Gasteiger partial charge in [0.05, 0.1) is 61.2 Å². The molecule has 0 N–H and O–H groups in total. The van der Waals surface area contributed by atoms with E-state index in [1.54, 1.807) is 25.1 Å². The number of ether oxygens (including phenoxy) is 6. The molecule has 10 aromatic rings. The molecule has 6 aromatic carbocycles. The lowest BCUT2D eigenvalue weighted by atomic mass is 10.0. The van der Waals surface area contributed by atoms with Crippen LogP contribution in [0.25, 0.3) is 33.4 Å². The van der Waals surface area contributed by atoms with Gasteiger partial charge in [-0.2, -0.15) is 0 Å². The first kappa shape index (κ1) is 106. The molecule has 33 heteroatoms. The van der Waals surface area contributed by atoms with Gasteiger partial charge in [0, 0.05) is 68.3 Å². The number of benzene rings is 6. The Hall–Kier alpha value is -11.0. The lowest BCUT2D eigenvalue weighted by Gasteiger charge is -2.32. The molecule has 3 aliphatic heterocycles. The van der Waals surface area contributed by atoms with Crippen LogP contribution in [0.3, 0.4) is 0 Å². The van der Waals surface area contributed by atoms with Gasteiger partial charge >= 0.3 is 70.2 Å². The molecule has 0 saturated carbocycles. The minimum atomic E-state index is -3.54. The fraction of sp³-hybridized carbons (Fsp3) is 0.529. The zero-order valence-electron chi connectivity index (χ0n) is 82.4. The third-order valence-electron chi connectivity index (χ3n) is 25.4. The second-order valence-electron chi connectivity index (χ2n) is 36.6. The first-order chi connectivity index (χ1) is 64.7. The van der Waals surface area contributed by atoms with Crippen molar-refractivity contribution in [3.05, 3.63) is 208 Å². The van der Waals surface area contributed by atoms with E-state index in [-0.39, 0.29) is 118 Å². The van der Waals surface area contributed by atoms with E-state index in [4.69, 9.17) is 42.0 Å². The van der Waals surface area contributed by atoms with Crippen molar-refractivity contribution in [2.24, 2.45) is 53.3 Å². The second kappa shape index (κ2) is 50.2. The predicted octanol–water partition coefficient (Wildman–Crippen LogP) is 18.9. The first-order valence-corrected chi connectivity index (χ1v) is 53.6. The summed E-state index contributed by atoms with van der Waals surface area (Å²) in [5, 5.41) is 1.97. The molecule has 13 atom stereocenters. The van der Waals surface area contributed by atoms with Gasteiger partial charge in [0.15, 0.2) is 0 Å². The second-order valence-corrected chi connectivity index (χ2v) is 44.2. The number of para-hydroxylation sites is 3. The van der Waals surface area contributed by atoms with E-state index in [0.29, 0.717) is 103 Å². The first-order valence-electron chi connectivity index (χ1n) is 48.3. The maximum absolute atomic E-state index is 14.5. The lowest BCUT2D eigenvalue weighted by molar-refractivity contribution is 0.193. The fourth-order valence-corrected chi connectivity index (χ4v) is 21.7. The van der Waals surface area contributed by atoms with Gasteiger partial charge in [-0.1, -0.05) is 299 Å². The third kappa shape index (κ3) is 27.5. The number of hydrogen-bond donors (Lipinski definition) is 0. The van der Waals surface area contributed by atoms with Crippen molar-refractivity contribution in [1.29, 1.82) is 0 Å². The topological polar surface area (TPSA) is 344 Å². The predicted molar refractivity (Wildman–Crippen MR) is 534 cm³/mol. The maximum atomic E-state index is 14.5. The number of fused-ring (bicyclic) bond motifs is 9. The molecular formula is C102H141N12O18P3. The molecule has 13 rings (SSSR count). The van der Waals surface area contributed by atoms with Gasteiger partial charge < -0.3 is 42.0 Å². The van der Waals surface area contributed by atoms with Crippen LogP contribution in [0.15, 0.2) is 174 Å². The molecule has 732 valence electrons. The maximum Gasteiger partial charge on any atom is 0.336 e. The van der Waals surface area contributed by atoms with Crippen LogP contribution in [0.1, 0.15) is 202 Å². The summed E-state index contributed by atoms with van der Waals surface area (Å²) in [6.45, 7) is 42.6.